The van der Waals surface area contributed by atoms with E-state index < -0.39 is 0 Å². The van der Waals surface area contributed by atoms with Gasteiger partial charge in [-0.1, -0.05) is 104 Å². The molecule has 1 heterocycles. The van der Waals surface area contributed by atoms with Gasteiger partial charge in [0.2, 0.25) is 6.41 Å². The number of nitrogens with zero attached hydrogens (tertiary/aromatic N) is 1. The molecule has 0 aliphatic carbocycles. The van der Waals surface area contributed by atoms with Crippen LogP contribution in [-0.2, 0) is 17.8 Å². The Labute approximate surface area is 270 Å². The first kappa shape index (κ1) is 36.7. The number of amidine groups is 2. The van der Waals surface area contributed by atoms with Crippen molar-refractivity contribution in [2.24, 2.45) is 5.92 Å². The first-order valence-electron chi connectivity index (χ1n) is 15.7. The lowest BCUT2D eigenvalue weighted by Gasteiger charge is -2.26. The van der Waals surface area contributed by atoms with E-state index in [0.29, 0.717) is 25.2 Å². The Bertz CT molecular complexity index is 1330. The Morgan fingerprint density at radius 1 is 0.889 bits per heavy atom. The SMILES string of the molecule is C=C(C)/C(C)=C\NC.CC1CCNCC1.N=C(CCc1ccccc1)N(Cc1ccc(-c2ccccc2)cc1)C(=N)CNC=O. The van der Waals surface area contributed by atoms with Crippen LogP contribution in [0.2, 0.25) is 0 Å². The molecule has 1 saturated heterocycles. The second-order valence-electron chi connectivity index (χ2n) is 11.4. The van der Waals surface area contributed by atoms with Crippen molar-refractivity contribution in [1.82, 2.24) is 20.9 Å². The van der Waals surface area contributed by atoms with Gasteiger partial charge in [-0.05, 0) is 86.1 Å². The molecule has 0 atom stereocenters. The molecule has 0 saturated carbocycles. The molecule has 3 aromatic carbocycles. The summed E-state index contributed by atoms with van der Waals surface area (Å²) >= 11 is 0. The van der Waals surface area contributed by atoms with Gasteiger partial charge in [0.15, 0.2) is 0 Å². The first-order valence-corrected chi connectivity index (χ1v) is 15.7. The monoisotopic (exact) mass is 608 g/mol. The summed E-state index contributed by atoms with van der Waals surface area (Å²) < 4.78 is 0. The summed E-state index contributed by atoms with van der Waals surface area (Å²) in [6.45, 7) is 13.1. The quantitative estimate of drug-likeness (QED) is 0.0688. The van der Waals surface area contributed by atoms with E-state index in [1.807, 2.05) is 87.8 Å². The molecule has 0 unspecified atom stereocenters. The Morgan fingerprint density at radius 2 is 1.47 bits per heavy atom. The Kier molecular flexibility index (Phi) is 17.3. The van der Waals surface area contributed by atoms with E-state index in [2.05, 4.69) is 53.7 Å². The van der Waals surface area contributed by atoms with Gasteiger partial charge < -0.3 is 20.9 Å². The van der Waals surface area contributed by atoms with E-state index in [0.717, 1.165) is 40.2 Å². The second-order valence-corrected chi connectivity index (χ2v) is 11.4. The fraction of sp³-hybridized carbons (Fsp3) is 0.342. The number of hydrogen-bond donors (Lipinski definition) is 5. The topological polar surface area (TPSA) is 104 Å². The average Bonchev–Trinajstić information content (AvgIpc) is 3.07. The molecular formula is C38H52N6O. The number of aryl methyl sites for hydroxylation is 1. The summed E-state index contributed by atoms with van der Waals surface area (Å²) in [6, 6.07) is 28.4. The molecule has 1 aliphatic heterocycles. The minimum Gasteiger partial charge on any atom is -0.394 e. The molecule has 0 spiro atoms. The van der Waals surface area contributed by atoms with Gasteiger partial charge in [-0.2, -0.15) is 0 Å². The minimum absolute atomic E-state index is 0.0965. The number of amides is 1. The molecule has 1 amide bonds. The zero-order chi connectivity index (χ0) is 32.9. The number of rotatable bonds is 11. The van der Waals surface area contributed by atoms with Crippen LogP contribution >= 0.6 is 0 Å². The smallest absolute Gasteiger partial charge is 0.207 e. The fourth-order valence-electron chi connectivity index (χ4n) is 4.55. The lowest BCUT2D eigenvalue weighted by Crippen LogP contribution is -2.40. The van der Waals surface area contributed by atoms with Crippen LogP contribution in [-0.4, -0.2) is 49.7 Å². The van der Waals surface area contributed by atoms with Crippen LogP contribution in [0.1, 0.15) is 51.2 Å². The summed E-state index contributed by atoms with van der Waals surface area (Å²) in [4.78, 5) is 12.3. The maximum Gasteiger partial charge on any atom is 0.207 e. The third-order valence-corrected chi connectivity index (χ3v) is 7.56. The highest BCUT2D eigenvalue weighted by Crippen LogP contribution is 2.20. The highest BCUT2D eigenvalue weighted by molar-refractivity contribution is 5.99. The van der Waals surface area contributed by atoms with Gasteiger partial charge in [0.25, 0.3) is 0 Å². The number of allylic oxidation sites excluding steroid dienone is 2. The fourth-order valence-corrected chi connectivity index (χ4v) is 4.55. The maximum absolute atomic E-state index is 10.7. The molecule has 1 fully saturated rings. The maximum atomic E-state index is 10.7. The van der Waals surface area contributed by atoms with Crippen LogP contribution in [0.5, 0.6) is 0 Å². The summed E-state index contributed by atoms with van der Waals surface area (Å²) in [7, 11) is 1.88. The van der Waals surface area contributed by atoms with Crippen LogP contribution in [0, 0.1) is 16.7 Å². The van der Waals surface area contributed by atoms with Crippen LogP contribution in [0.15, 0.2) is 109 Å². The molecule has 3 aromatic rings. The van der Waals surface area contributed by atoms with Crippen molar-refractivity contribution in [3.8, 4) is 11.1 Å². The lowest BCUT2D eigenvalue weighted by molar-refractivity contribution is -0.109. The van der Waals surface area contributed by atoms with E-state index in [4.69, 9.17) is 10.8 Å². The number of carbonyl (C=O) groups is 1. The lowest BCUT2D eigenvalue weighted by atomic mass is 10.0. The predicted molar refractivity (Wildman–Crippen MR) is 191 cm³/mol. The third-order valence-electron chi connectivity index (χ3n) is 7.56. The molecule has 7 nitrogen and oxygen atoms in total. The number of piperidine rings is 1. The van der Waals surface area contributed by atoms with Crippen molar-refractivity contribution in [3.63, 3.8) is 0 Å². The molecule has 4 rings (SSSR count). The predicted octanol–water partition coefficient (Wildman–Crippen LogP) is 7.18. The van der Waals surface area contributed by atoms with Crippen molar-refractivity contribution in [2.75, 3.05) is 26.7 Å². The summed E-state index contributed by atoms with van der Waals surface area (Å²) in [6.07, 6.45) is 6.52. The molecule has 0 aromatic heterocycles. The van der Waals surface area contributed by atoms with Gasteiger partial charge in [0, 0.05) is 13.5 Å². The molecule has 7 heteroatoms. The van der Waals surface area contributed by atoms with Gasteiger partial charge in [-0.25, -0.2) is 0 Å². The zero-order valence-corrected chi connectivity index (χ0v) is 27.5. The van der Waals surface area contributed by atoms with E-state index in [1.165, 1.54) is 31.5 Å². The molecule has 1 aliphatic rings. The molecule has 5 N–H and O–H groups in total. The van der Waals surface area contributed by atoms with Crippen LogP contribution < -0.4 is 16.0 Å². The van der Waals surface area contributed by atoms with Gasteiger partial charge in [-0.15, -0.1) is 0 Å². The second kappa shape index (κ2) is 21.3. The van der Waals surface area contributed by atoms with Crippen molar-refractivity contribution in [1.29, 1.82) is 10.8 Å². The molecule has 45 heavy (non-hydrogen) atoms. The van der Waals surface area contributed by atoms with E-state index in [-0.39, 0.29) is 12.4 Å². The molecule has 0 bridgehead atoms. The van der Waals surface area contributed by atoms with Crippen molar-refractivity contribution in [3.05, 3.63) is 120 Å². The van der Waals surface area contributed by atoms with Gasteiger partial charge in [0.05, 0.1) is 13.1 Å². The summed E-state index contributed by atoms with van der Waals surface area (Å²) in [5.41, 5.74) is 6.76. The molecular weight excluding hydrogens is 556 g/mol. The highest BCUT2D eigenvalue weighted by Gasteiger charge is 2.16. The number of benzene rings is 3. The number of carbonyl (C=O) groups excluding carboxylic acids is 1. The van der Waals surface area contributed by atoms with Crippen LogP contribution in [0.4, 0.5) is 0 Å². The first-order chi connectivity index (χ1) is 21.7. The van der Waals surface area contributed by atoms with Crippen molar-refractivity contribution >= 4 is 18.1 Å². The van der Waals surface area contributed by atoms with Gasteiger partial charge in [0.1, 0.15) is 11.7 Å². The zero-order valence-electron chi connectivity index (χ0n) is 27.5. The van der Waals surface area contributed by atoms with Crippen molar-refractivity contribution in [2.45, 2.75) is 53.0 Å². The standard InChI is InChI=1S/C25H26N4O.C7H13N.C6H13N/c26-24(16-13-20-7-3-1-4-8-20)29(25(27)17-28-19-30)18-21-11-14-23(15-12-21)22-9-5-2-6-10-22;1-6(2)7(3)5-8-4;1-6-2-4-7-5-3-6/h1-12,14-15,19,26-27H,13,16-18H2,(H,28,30);5,8H,1H2,2-4H3;6-7H,2-5H2,1H3/b;7-5-;. The average molecular weight is 609 g/mol. The van der Waals surface area contributed by atoms with E-state index in [1.54, 1.807) is 4.90 Å². The number of nitrogens with one attached hydrogen (secondary N) is 5. The molecule has 240 valence electrons. The Balaban J connectivity index is 0.000000384. The Morgan fingerprint density at radius 3 is 1.96 bits per heavy atom. The van der Waals surface area contributed by atoms with Crippen LogP contribution in [0.25, 0.3) is 11.1 Å². The van der Waals surface area contributed by atoms with Gasteiger partial charge in [-0.3, -0.25) is 15.6 Å². The minimum atomic E-state index is 0.0965. The van der Waals surface area contributed by atoms with E-state index in [9.17, 15) is 4.79 Å². The van der Waals surface area contributed by atoms with E-state index >= 15 is 0 Å². The van der Waals surface area contributed by atoms with Crippen LogP contribution in [0.3, 0.4) is 0 Å². The van der Waals surface area contributed by atoms with Gasteiger partial charge >= 0.3 is 0 Å². The largest absolute Gasteiger partial charge is 0.394 e. The molecule has 0 radical (unpaired) electrons. The highest BCUT2D eigenvalue weighted by atomic mass is 16.1. The summed E-state index contributed by atoms with van der Waals surface area (Å²) in [5, 5.41) is 25.7. The Hall–Kier alpha value is -4.49. The number of hydrogen-bond acceptors (Lipinski definition) is 5. The summed E-state index contributed by atoms with van der Waals surface area (Å²) in [5.74, 6) is 1.54. The van der Waals surface area contributed by atoms with Crippen molar-refractivity contribution < 1.29 is 4.79 Å². The normalized spacial score (nSPS) is 12.8. The third kappa shape index (κ3) is 14.7.